The molecule has 3 heterocycles. The number of methoxy groups -OCH3 is 2. The van der Waals surface area contributed by atoms with E-state index in [0.717, 1.165) is 5.69 Å². The van der Waals surface area contributed by atoms with Gasteiger partial charge in [-0.1, -0.05) is 18.2 Å². The molecule has 6 rings (SSSR count). The van der Waals surface area contributed by atoms with E-state index >= 15 is 13.2 Å². The molecule has 1 fully saturated rings. The van der Waals surface area contributed by atoms with Gasteiger partial charge in [0.1, 0.15) is 16.4 Å². The van der Waals surface area contributed by atoms with Crippen molar-refractivity contribution in [2.24, 2.45) is 0 Å². The van der Waals surface area contributed by atoms with Crippen molar-refractivity contribution in [3.8, 4) is 17.4 Å². The summed E-state index contributed by atoms with van der Waals surface area (Å²) in [5.41, 5.74) is 1.99. The lowest BCUT2D eigenvalue weighted by Crippen LogP contribution is -2.59. The van der Waals surface area contributed by atoms with Crippen LogP contribution in [-0.2, 0) is 19.4 Å². The number of benzene rings is 2. The van der Waals surface area contributed by atoms with Crippen LogP contribution < -0.4 is 19.5 Å². The Balaban J connectivity index is 1.76. The first kappa shape index (κ1) is 34.7. The minimum absolute atomic E-state index is 0.0274. The van der Waals surface area contributed by atoms with E-state index in [-0.39, 0.29) is 41.5 Å². The molecule has 0 spiro atoms. The number of nitrogens with zero attached hydrogens (tertiary/aromatic N) is 3. The summed E-state index contributed by atoms with van der Waals surface area (Å²) in [6, 6.07) is 14.6. The van der Waals surface area contributed by atoms with Crippen LogP contribution in [0.15, 0.2) is 80.5 Å². The topological polar surface area (TPSA) is 148 Å². The Kier molecular flexibility index (Phi) is 9.66. The summed E-state index contributed by atoms with van der Waals surface area (Å²) in [6.45, 7) is 4.55. The number of likely N-dealkylation sites (N-methyl/N-ethyl adjacent to an activating group) is 1. The average Bonchev–Trinajstić information content (AvgIpc) is 3.52. The van der Waals surface area contributed by atoms with Crippen LogP contribution in [0.1, 0.15) is 24.0 Å². The number of fused-ring (bicyclic) bond motifs is 1. The molecule has 2 atom stereocenters. The molecule has 1 aliphatic carbocycles. The van der Waals surface area contributed by atoms with Crippen molar-refractivity contribution in [1.82, 2.24) is 14.8 Å². The SMILES string of the molecule is CCOc1ncccc1C1=C(N2CCN(C)CC2)C(I)=C(C2CNc3ccccc32)C(C(=O)O)(S(=O)(=O)c2ccc(OC)cc2OC)C1=O. The van der Waals surface area contributed by atoms with Gasteiger partial charge in [-0.05, 0) is 78.0 Å². The number of pyridine rings is 1. The summed E-state index contributed by atoms with van der Waals surface area (Å²) in [4.78, 5) is 38.0. The molecule has 2 aliphatic heterocycles. The zero-order valence-corrected chi connectivity index (χ0v) is 30.5. The number of rotatable bonds is 10. The Bertz CT molecular complexity index is 1990. The van der Waals surface area contributed by atoms with E-state index in [0.29, 0.717) is 46.8 Å². The fourth-order valence-corrected chi connectivity index (χ4v) is 10.6. The van der Waals surface area contributed by atoms with E-state index in [1.165, 1.54) is 38.6 Å². The first-order chi connectivity index (χ1) is 23.5. The Morgan fingerprint density at radius 1 is 1.08 bits per heavy atom. The largest absolute Gasteiger partial charge is 0.497 e. The van der Waals surface area contributed by atoms with Gasteiger partial charge < -0.3 is 34.4 Å². The number of anilines is 1. The molecule has 3 aliphatic rings. The number of ether oxygens (including phenoxy) is 3. The fraction of sp³-hybridized carbons (Fsp3) is 0.343. The maximum atomic E-state index is 15.7. The highest BCUT2D eigenvalue weighted by molar-refractivity contribution is 14.1. The van der Waals surface area contributed by atoms with Crippen molar-refractivity contribution in [3.05, 3.63) is 86.8 Å². The number of aromatic nitrogens is 1. The van der Waals surface area contributed by atoms with Crippen molar-refractivity contribution in [1.29, 1.82) is 0 Å². The smallest absolute Gasteiger partial charge is 0.338 e. The molecule has 12 nitrogen and oxygen atoms in total. The number of aliphatic carboxylic acids is 1. The van der Waals surface area contributed by atoms with E-state index in [1.807, 2.05) is 36.2 Å². The van der Waals surface area contributed by atoms with Crippen LogP contribution in [0, 0.1) is 0 Å². The van der Waals surface area contributed by atoms with Crippen molar-refractivity contribution in [3.63, 3.8) is 0 Å². The van der Waals surface area contributed by atoms with E-state index in [1.54, 1.807) is 19.1 Å². The zero-order valence-electron chi connectivity index (χ0n) is 27.5. The summed E-state index contributed by atoms with van der Waals surface area (Å²) < 4.78 is 44.8. The molecular formula is C35H37IN4O8S. The third kappa shape index (κ3) is 5.53. The number of carbonyl (C=O) groups is 2. The van der Waals surface area contributed by atoms with E-state index in [2.05, 4.69) is 37.8 Å². The molecule has 2 unspecified atom stereocenters. The lowest BCUT2D eigenvalue weighted by Gasteiger charge is -2.43. The van der Waals surface area contributed by atoms with Gasteiger partial charge in [-0.25, -0.2) is 18.2 Å². The van der Waals surface area contributed by atoms with Crippen LogP contribution in [0.4, 0.5) is 5.69 Å². The highest BCUT2D eigenvalue weighted by Crippen LogP contribution is 2.56. The summed E-state index contributed by atoms with van der Waals surface area (Å²) in [5.74, 6) is -3.46. The minimum atomic E-state index is -5.13. The molecule has 0 bridgehead atoms. The van der Waals surface area contributed by atoms with Gasteiger partial charge in [0.15, 0.2) is 0 Å². The number of carbonyl (C=O) groups excluding carboxylic acids is 1. The van der Waals surface area contributed by atoms with Crippen LogP contribution >= 0.6 is 22.6 Å². The van der Waals surface area contributed by atoms with Crippen LogP contribution in [0.25, 0.3) is 5.57 Å². The maximum absolute atomic E-state index is 15.7. The van der Waals surface area contributed by atoms with Crippen molar-refractivity contribution in [2.45, 2.75) is 22.5 Å². The monoisotopic (exact) mass is 800 g/mol. The van der Waals surface area contributed by atoms with Crippen LogP contribution in [0.5, 0.6) is 17.4 Å². The molecule has 49 heavy (non-hydrogen) atoms. The lowest BCUT2D eigenvalue weighted by atomic mass is 9.74. The quantitative estimate of drug-likeness (QED) is 0.224. The third-order valence-electron chi connectivity index (χ3n) is 9.29. The second kappa shape index (κ2) is 13.6. The first-order valence-corrected chi connectivity index (χ1v) is 18.3. The predicted octanol–water partition coefficient (Wildman–Crippen LogP) is 4.23. The summed E-state index contributed by atoms with van der Waals surface area (Å²) in [6.07, 6.45) is 1.51. The standard InChI is InChI=1S/C35H37IN4O8S/c1-5-48-33-23(10-8-14-37-33)28-31(40-17-15-39(2)16-18-40)30(36)29(24-20-38-25-11-7-6-9-22(24)25)35(32(28)41,34(42)43)49(44,45)27-13-12-21(46-3)19-26(27)47-4/h6-14,19,24,38H,5,15-18,20H2,1-4H3,(H,42,43). The number of para-hydroxylation sites is 1. The predicted molar refractivity (Wildman–Crippen MR) is 192 cm³/mol. The summed E-state index contributed by atoms with van der Waals surface area (Å²) in [5, 5.41) is 14.8. The molecule has 0 amide bonds. The Labute approximate surface area is 298 Å². The number of allylic oxidation sites excluding steroid dienone is 2. The maximum Gasteiger partial charge on any atom is 0.338 e. The van der Waals surface area contributed by atoms with E-state index in [9.17, 15) is 9.90 Å². The Hall–Kier alpha value is -4.15. The van der Waals surface area contributed by atoms with Gasteiger partial charge in [0.25, 0.3) is 4.75 Å². The zero-order chi connectivity index (χ0) is 35.1. The van der Waals surface area contributed by atoms with Gasteiger partial charge in [0.2, 0.25) is 21.5 Å². The molecule has 1 saturated heterocycles. The molecule has 1 aromatic heterocycles. The lowest BCUT2D eigenvalue weighted by molar-refractivity contribution is -0.141. The fourth-order valence-electron chi connectivity index (χ4n) is 6.90. The van der Waals surface area contributed by atoms with Gasteiger partial charge in [0.05, 0.1) is 32.1 Å². The second-order valence-corrected chi connectivity index (χ2v) is 15.0. The van der Waals surface area contributed by atoms with Gasteiger partial charge in [-0.2, -0.15) is 0 Å². The number of sulfone groups is 1. The number of carboxylic acid groups (broad SMARTS) is 1. The third-order valence-corrected chi connectivity index (χ3v) is 12.7. The number of ketones is 1. The van der Waals surface area contributed by atoms with Crippen LogP contribution in [-0.4, -0.2) is 105 Å². The first-order valence-electron chi connectivity index (χ1n) is 15.8. The van der Waals surface area contributed by atoms with Gasteiger partial charge in [0, 0.05) is 65.7 Å². The van der Waals surface area contributed by atoms with Crippen molar-refractivity contribution in [2.75, 3.05) is 65.9 Å². The average molecular weight is 801 g/mol. The molecule has 258 valence electrons. The number of hydrogen-bond acceptors (Lipinski definition) is 11. The highest BCUT2D eigenvalue weighted by atomic mass is 127. The molecular weight excluding hydrogens is 763 g/mol. The van der Waals surface area contributed by atoms with Gasteiger partial charge in [-0.15, -0.1) is 0 Å². The number of Topliss-reactive ketones (excluding diaryl/α,β-unsaturated/α-hetero) is 1. The Morgan fingerprint density at radius 2 is 1.82 bits per heavy atom. The highest BCUT2D eigenvalue weighted by Gasteiger charge is 2.67. The summed E-state index contributed by atoms with van der Waals surface area (Å²) in [7, 11) is -0.431. The molecule has 3 aromatic rings. The molecule has 0 radical (unpaired) electrons. The van der Waals surface area contributed by atoms with Gasteiger partial charge in [-0.3, -0.25) is 4.79 Å². The van der Waals surface area contributed by atoms with Crippen molar-refractivity contribution < 1.29 is 37.3 Å². The number of nitrogens with one attached hydrogen (secondary N) is 1. The van der Waals surface area contributed by atoms with Crippen LogP contribution in [0.3, 0.4) is 0 Å². The van der Waals surface area contributed by atoms with E-state index < -0.39 is 37.2 Å². The molecule has 0 saturated carbocycles. The Morgan fingerprint density at radius 3 is 2.49 bits per heavy atom. The molecule has 2 aromatic carbocycles. The number of hydrogen-bond donors (Lipinski definition) is 2. The van der Waals surface area contributed by atoms with E-state index in [4.69, 9.17) is 14.2 Å². The number of halogens is 1. The van der Waals surface area contributed by atoms with Gasteiger partial charge >= 0.3 is 5.97 Å². The number of carboxylic acids is 1. The minimum Gasteiger partial charge on any atom is -0.497 e. The normalized spacial score (nSPS) is 21.4. The number of piperazine rings is 1. The molecule has 2 N–H and O–H groups in total. The van der Waals surface area contributed by atoms with Crippen molar-refractivity contribution >= 4 is 55.4 Å². The second-order valence-electron chi connectivity index (χ2n) is 11.9. The summed E-state index contributed by atoms with van der Waals surface area (Å²) >= 11 is 2.06. The van der Waals surface area contributed by atoms with Crippen LogP contribution in [0.2, 0.25) is 0 Å². The molecule has 14 heteroatoms.